The van der Waals surface area contributed by atoms with E-state index in [0.717, 1.165) is 32.1 Å². The smallest absolute Gasteiger partial charge is 0.147 e. The van der Waals surface area contributed by atoms with Gasteiger partial charge in [-0.25, -0.2) is 8.78 Å². The summed E-state index contributed by atoms with van der Waals surface area (Å²) in [5.74, 6) is -0.773. The third-order valence-corrected chi connectivity index (χ3v) is 4.89. The second kappa shape index (κ2) is 5.02. The maximum absolute atomic E-state index is 14.1. The predicted octanol–water partition coefficient (Wildman–Crippen LogP) is 3.58. The van der Waals surface area contributed by atoms with E-state index < -0.39 is 5.82 Å². The van der Waals surface area contributed by atoms with Crippen LogP contribution in [0.2, 0.25) is 0 Å². The lowest BCUT2D eigenvalue weighted by molar-refractivity contribution is 0.269. The van der Waals surface area contributed by atoms with Gasteiger partial charge in [0.25, 0.3) is 0 Å². The van der Waals surface area contributed by atoms with Crippen LogP contribution in [0.4, 0.5) is 14.5 Å². The molecule has 1 aromatic carbocycles. The summed E-state index contributed by atoms with van der Waals surface area (Å²) in [5, 5.41) is 0. The van der Waals surface area contributed by atoms with Crippen molar-refractivity contribution in [2.45, 2.75) is 50.2 Å². The Kier molecular flexibility index (Phi) is 3.52. The first-order valence-electron chi connectivity index (χ1n) is 6.74. The molecule has 0 aliphatic carbocycles. The minimum atomic E-state index is -0.413. The zero-order valence-electron chi connectivity index (χ0n) is 10.6. The van der Waals surface area contributed by atoms with Crippen LogP contribution in [-0.4, -0.2) is 18.1 Å². The van der Waals surface area contributed by atoms with Crippen molar-refractivity contribution in [3.05, 3.63) is 28.2 Å². The van der Waals surface area contributed by atoms with Crippen molar-refractivity contribution < 1.29 is 8.78 Å². The highest BCUT2D eigenvalue weighted by molar-refractivity contribution is 9.10. The number of benzene rings is 1. The van der Waals surface area contributed by atoms with Crippen LogP contribution in [0.3, 0.4) is 0 Å². The van der Waals surface area contributed by atoms with Crippen LogP contribution in [0, 0.1) is 11.6 Å². The first kappa shape index (κ1) is 13.3. The Morgan fingerprint density at radius 2 is 1.74 bits per heavy atom. The van der Waals surface area contributed by atoms with Gasteiger partial charge in [-0.2, -0.15) is 0 Å². The lowest BCUT2D eigenvalue weighted by Gasteiger charge is -2.49. The molecule has 2 atom stereocenters. The van der Waals surface area contributed by atoms with Crippen molar-refractivity contribution in [2.75, 3.05) is 4.90 Å². The Morgan fingerprint density at radius 3 is 2.37 bits per heavy atom. The lowest BCUT2D eigenvalue weighted by Crippen LogP contribution is -2.55. The summed E-state index contributed by atoms with van der Waals surface area (Å²) in [7, 11) is 0. The Bertz CT molecular complexity index is 481. The summed E-state index contributed by atoms with van der Waals surface area (Å²) in [5.41, 5.74) is 6.45. The van der Waals surface area contributed by atoms with Gasteiger partial charge < -0.3 is 10.6 Å². The molecule has 2 N–H and O–H groups in total. The van der Waals surface area contributed by atoms with E-state index in [1.165, 1.54) is 12.1 Å². The fraction of sp³-hybridized carbons (Fsp3) is 0.571. The molecule has 5 heteroatoms. The van der Waals surface area contributed by atoms with Crippen LogP contribution < -0.4 is 10.6 Å². The van der Waals surface area contributed by atoms with Crippen molar-refractivity contribution >= 4 is 21.6 Å². The third kappa shape index (κ3) is 2.38. The minimum absolute atomic E-state index is 0.174. The molecule has 2 nitrogen and oxygen atoms in total. The van der Waals surface area contributed by atoms with Gasteiger partial charge in [-0.15, -0.1) is 0 Å². The molecular weight excluding hydrogens is 314 g/mol. The van der Waals surface area contributed by atoms with Gasteiger partial charge >= 0.3 is 0 Å². The maximum Gasteiger partial charge on any atom is 0.147 e. The van der Waals surface area contributed by atoms with Crippen molar-refractivity contribution in [2.24, 2.45) is 5.73 Å². The van der Waals surface area contributed by atoms with E-state index in [-0.39, 0.29) is 28.4 Å². The lowest BCUT2D eigenvalue weighted by atomic mass is 9.81. The largest absolute Gasteiger partial charge is 0.363 e. The van der Waals surface area contributed by atoms with E-state index in [2.05, 4.69) is 20.8 Å². The zero-order valence-corrected chi connectivity index (χ0v) is 12.2. The molecule has 0 saturated carbocycles. The fourth-order valence-electron chi connectivity index (χ4n) is 3.53. The first-order chi connectivity index (χ1) is 9.06. The van der Waals surface area contributed by atoms with Crippen LogP contribution in [-0.2, 0) is 0 Å². The number of halogens is 3. The summed E-state index contributed by atoms with van der Waals surface area (Å²) < 4.78 is 28.0. The fourth-order valence-corrected chi connectivity index (χ4v) is 3.84. The van der Waals surface area contributed by atoms with E-state index in [0.29, 0.717) is 5.69 Å². The number of rotatable bonds is 1. The molecule has 2 heterocycles. The van der Waals surface area contributed by atoms with Gasteiger partial charge in [-0.05, 0) is 54.1 Å². The molecule has 3 rings (SSSR count). The summed E-state index contributed by atoms with van der Waals surface area (Å²) in [6, 6.07) is 3.21. The second-order valence-corrected chi connectivity index (χ2v) is 6.45. The van der Waals surface area contributed by atoms with Gasteiger partial charge in [0.1, 0.15) is 11.6 Å². The summed E-state index contributed by atoms with van der Waals surface area (Å²) >= 11 is 3.02. The molecule has 2 aliphatic rings. The van der Waals surface area contributed by atoms with Gasteiger partial charge in [-0.1, -0.05) is 0 Å². The molecule has 2 bridgehead atoms. The van der Waals surface area contributed by atoms with E-state index in [1.807, 2.05) is 0 Å². The van der Waals surface area contributed by atoms with Crippen LogP contribution in [0.5, 0.6) is 0 Å². The monoisotopic (exact) mass is 330 g/mol. The molecule has 2 aliphatic heterocycles. The molecule has 104 valence electrons. The molecule has 0 aromatic heterocycles. The molecule has 2 saturated heterocycles. The highest BCUT2D eigenvalue weighted by Gasteiger charge is 2.38. The van der Waals surface area contributed by atoms with Crippen LogP contribution in [0.1, 0.15) is 32.1 Å². The third-order valence-electron chi connectivity index (χ3n) is 4.28. The van der Waals surface area contributed by atoms with E-state index in [4.69, 9.17) is 5.73 Å². The van der Waals surface area contributed by atoms with Crippen molar-refractivity contribution in [3.63, 3.8) is 0 Å². The Balaban J connectivity index is 1.99. The predicted molar refractivity (Wildman–Crippen MR) is 75.2 cm³/mol. The van der Waals surface area contributed by atoms with E-state index in [1.54, 1.807) is 0 Å². The number of piperidine rings is 2. The highest BCUT2D eigenvalue weighted by atomic mass is 79.9. The standard InChI is InChI=1S/C14H17BrF2N2/c15-11-6-13(17)14(7-12(11)16)19-9-2-1-3-10(19)5-8(18)4-9/h6-10H,1-5,18H2. The number of anilines is 1. The average molecular weight is 331 g/mol. The Labute approximate surface area is 120 Å². The van der Waals surface area contributed by atoms with Crippen molar-refractivity contribution in [1.29, 1.82) is 0 Å². The quantitative estimate of drug-likeness (QED) is 0.797. The Hall–Kier alpha value is -0.680. The normalized spacial score (nSPS) is 30.5. The molecule has 0 spiro atoms. The second-order valence-electron chi connectivity index (χ2n) is 5.60. The Morgan fingerprint density at radius 1 is 1.11 bits per heavy atom. The number of fused-ring (bicyclic) bond motifs is 2. The molecule has 0 radical (unpaired) electrons. The van der Waals surface area contributed by atoms with Crippen LogP contribution in [0.15, 0.2) is 16.6 Å². The molecule has 1 aromatic rings. The summed E-state index contributed by atoms with van der Waals surface area (Å²) in [6.07, 6.45) is 4.92. The average Bonchev–Trinajstić information content (AvgIpc) is 2.33. The molecule has 2 fully saturated rings. The van der Waals surface area contributed by atoms with Crippen LogP contribution >= 0.6 is 15.9 Å². The highest BCUT2D eigenvalue weighted by Crippen LogP contribution is 2.39. The van der Waals surface area contributed by atoms with Crippen LogP contribution in [0.25, 0.3) is 0 Å². The SMILES string of the molecule is NC1CC2CCCC(C1)N2c1cc(F)c(Br)cc1F. The van der Waals surface area contributed by atoms with Crippen molar-refractivity contribution in [1.82, 2.24) is 0 Å². The number of nitrogens with two attached hydrogens (primary N) is 1. The zero-order chi connectivity index (χ0) is 13.6. The topological polar surface area (TPSA) is 29.3 Å². The summed E-state index contributed by atoms with van der Waals surface area (Å²) in [4.78, 5) is 2.07. The first-order valence-corrected chi connectivity index (χ1v) is 7.54. The number of hydrogen-bond acceptors (Lipinski definition) is 2. The van der Waals surface area contributed by atoms with Crippen molar-refractivity contribution in [3.8, 4) is 0 Å². The summed E-state index contributed by atoms with van der Waals surface area (Å²) in [6.45, 7) is 0. The molecular formula is C14H17BrF2N2. The van der Waals surface area contributed by atoms with E-state index >= 15 is 0 Å². The van der Waals surface area contributed by atoms with Gasteiger partial charge in [0, 0.05) is 24.2 Å². The number of nitrogens with zero attached hydrogens (tertiary/aromatic N) is 1. The maximum atomic E-state index is 14.1. The minimum Gasteiger partial charge on any atom is -0.363 e. The van der Waals surface area contributed by atoms with E-state index in [9.17, 15) is 8.78 Å². The van der Waals surface area contributed by atoms with Gasteiger partial charge in [0.15, 0.2) is 0 Å². The molecule has 19 heavy (non-hydrogen) atoms. The van der Waals surface area contributed by atoms with Gasteiger partial charge in [-0.3, -0.25) is 0 Å². The molecule has 2 unspecified atom stereocenters. The molecule has 0 amide bonds. The number of hydrogen-bond donors (Lipinski definition) is 1. The van der Waals surface area contributed by atoms with Gasteiger partial charge in [0.05, 0.1) is 10.2 Å². The van der Waals surface area contributed by atoms with Gasteiger partial charge in [0.2, 0.25) is 0 Å².